The van der Waals surface area contributed by atoms with Gasteiger partial charge in [-0.3, -0.25) is 4.79 Å². The van der Waals surface area contributed by atoms with Gasteiger partial charge in [-0.1, -0.05) is 66.7 Å². The Morgan fingerprint density at radius 1 is 1.07 bits per heavy atom. The summed E-state index contributed by atoms with van der Waals surface area (Å²) in [7, 11) is 0. The van der Waals surface area contributed by atoms with Crippen molar-refractivity contribution in [3.05, 3.63) is 95.6 Å². The van der Waals surface area contributed by atoms with Crippen molar-refractivity contribution in [1.82, 2.24) is 5.43 Å². The third kappa shape index (κ3) is 3.66. The van der Waals surface area contributed by atoms with Crippen molar-refractivity contribution in [2.24, 2.45) is 11.0 Å². The Bertz CT molecular complexity index is 1010. The first-order valence-corrected chi connectivity index (χ1v) is 10.1. The van der Waals surface area contributed by atoms with Crippen LogP contribution < -0.4 is 10.2 Å². The normalized spacial score (nSPS) is 16.9. The van der Waals surface area contributed by atoms with E-state index in [-0.39, 0.29) is 23.0 Å². The van der Waals surface area contributed by atoms with Crippen LogP contribution in [0.4, 0.5) is 0 Å². The number of phenolic OH excluding ortho intramolecular Hbond substituents is 1. The number of rotatable bonds is 7. The number of phenols is 1. The zero-order valence-corrected chi connectivity index (χ0v) is 16.8. The number of carbonyl (C=O) groups excluding carboxylic acids is 1. The minimum atomic E-state index is -0.334. The highest BCUT2D eigenvalue weighted by Gasteiger charge is 2.60. The quantitative estimate of drug-likeness (QED) is 0.460. The molecule has 0 aliphatic heterocycles. The van der Waals surface area contributed by atoms with Gasteiger partial charge >= 0.3 is 0 Å². The first-order valence-electron chi connectivity index (χ1n) is 10.1. The summed E-state index contributed by atoms with van der Waals surface area (Å²) in [4.78, 5) is 12.9. The number of hydrogen-bond acceptors (Lipinski definition) is 4. The highest BCUT2D eigenvalue weighted by atomic mass is 16.5. The van der Waals surface area contributed by atoms with Crippen LogP contribution in [0.25, 0.3) is 0 Å². The molecule has 0 radical (unpaired) electrons. The third-order valence-corrected chi connectivity index (χ3v) is 5.56. The molecule has 0 spiro atoms. The highest BCUT2D eigenvalue weighted by Crippen LogP contribution is 2.58. The Hall–Kier alpha value is -3.60. The van der Waals surface area contributed by atoms with Crippen molar-refractivity contribution < 1.29 is 14.6 Å². The van der Waals surface area contributed by atoms with E-state index < -0.39 is 0 Å². The lowest BCUT2D eigenvalue weighted by atomic mass is 9.85. The second kappa shape index (κ2) is 8.41. The predicted octanol–water partition coefficient (Wildman–Crippen LogP) is 4.25. The summed E-state index contributed by atoms with van der Waals surface area (Å²) in [5.41, 5.74) is 5.05. The van der Waals surface area contributed by atoms with Gasteiger partial charge < -0.3 is 9.84 Å². The monoisotopic (exact) mass is 400 g/mol. The largest absolute Gasteiger partial charge is 0.504 e. The van der Waals surface area contributed by atoms with Crippen LogP contribution in [0.5, 0.6) is 11.5 Å². The number of amides is 1. The summed E-state index contributed by atoms with van der Waals surface area (Å²) in [5.74, 6) is 0.0519. The number of benzene rings is 3. The predicted molar refractivity (Wildman–Crippen MR) is 117 cm³/mol. The molecule has 5 nitrogen and oxygen atoms in total. The van der Waals surface area contributed by atoms with Gasteiger partial charge in [0, 0.05) is 11.0 Å². The molecule has 1 atom stereocenters. The summed E-state index contributed by atoms with van der Waals surface area (Å²) in [6.45, 7) is 2.30. The summed E-state index contributed by atoms with van der Waals surface area (Å²) in [6, 6.07) is 25.4. The van der Waals surface area contributed by atoms with E-state index in [1.807, 2.05) is 43.3 Å². The van der Waals surface area contributed by atoms with Gasteiger partial charge in [0.2, 0.25) is 5.91 Å². The van der Waals surface area contributed by atoms with Crippen LogP contribution in [-0.2, 0) is 10.2 Å². The molecule has 1 aliphatic carbocycles. The second-order valence-electron chi connectivity index (χ2n) is 7.32. The van der Waals surface area contributed by atoms with Gasteiger partial charge in [0.1, 0.15) is 0 Å². The molecule has 1 aliphatic rings. The van der Waals surface area contributed by atoms with Gasteiger partial charge in [0.25, 0.3) is 0 Å². The molecule has 0 unspecified atom stereocenters. The SMILES string of the molecule is CCOc1cccc(/C=N/NC(=O)[C@@H]2CC2(c2ccccc2)c2ccccc2)c1O. The van der Waals surface area contributed by atoms with Crippen LogP contribution in [0.2, 0.25) is 0 Å². The number of nitrogens with zero attached hydrogens (tertiary/aromatic N) is 1. The summed E-state index contributed by atoms with van der Waals surface area (Å²) in [5, 5.41) is 14.3. The molecule has 0 aromatic heterocycles. The molecule has 3 aromatic carbocycles. The Kier molecular flexibility index (Phi) is 5.53. The van der Waals surface area contributed by atoms with Gasteiger partial charge in [-0.15, -0.1) is 0 Å². The first kappa shape index (κ1) is 19.7. The molecule has 1 fully saturated rings. The average molecular weight is 400 g/mol. The zero-order valence-electron chi connectivity index (χ0n) is 16.8. The number of hydrogen-bond donors (Lipinski definition) is 2. The maximum Gasteiger partial charge on any atom is 0.244 e. The second-order valence-corrected chi connectivity index (χ2v) is 7.32. The summed E-state index contributed by atoms with van der Waals surface area (Å²) < 4.78 is 5.38. The number of nitrogens with one attached hydrogen (secondary N) is 1. The molecule has 4 rings (SSSR count). The molecule has 30 heavy (non-hydrogen) atoms. The summed E-state index contributed by atoms with van der Waals surface area (Å²) in [6.07, 6.45) is 2.16. The molecule has 1 saturated carbocycles. The zero-order chi connectivity index (χ0) is 21.0. The third-order valence-electron chi connectivity index (χ3n) is 5.56. The molecule has 0 saturated heterocycles. The molecule has 152 valence electrons. The lowest BCUT2D eigenvalue weighted by Crippen LogP contribution is -2.25. The minimum Gasteiger partial charge on any atom is -0.504 e. The highest BCUT2D eigenvalue weighted by molar-refractivity contribution is 5.89. The lowest BCUT2D eigenvalue weighted by Gasteiger charge is -2.18. The van der Waals surface area contributed by atoms with Crippen molar-refractivity contribution in [3.63, 3.8) is 0 Å². The fourth-order valence-electron chi connectivity index (χ4n) is 4.01. The maximum atomic E-state index is 12.9. The molecule has 2 N–H and O–H groups in total. The van der Waals surface area contributed by atoms with Gasteiger partial charge in [-0.05, 0) is 36.6 Å². The van der Waals surface area contributed by atoms with Crippen LogP contribution in [0.3, 0.4) is 0 Å². The van der Waals surface area contributed by atoms with Crippen molar-refractivity contribution in [2.45, 2.75) is 18.8 Å². The van der Waals surface area contributed by atoms with Crippen LogP contribution in [0.15, 0.2) is 84.0 Å². The van der Waals surface area contributed by atoms with Gasteiger partial charge in [-0.2, -0.15) is 5.10 Å². The smallest absolute Gasteiger partial charge is 0.244 e. The van der Waals surface area contributed by atoms with E-state index in [4.69, 9.17) is 4.74 Å². The molecule has 0 heterocycles. The van der Waals surface area contributed by atoms with E-state index >= 15 is 0 Å². The maximum absolute atomic E-state index is 12.9. The van der Waals surface area contributed by atoms with Crippen molar-refractivity contribution >= 4 is 12.1 Å². The molecule has 5 heteroatoms. The number of ether oxygens (including phenoxy) is 1. The number of carbonyl (C=O) groups is 1. The Morgan fingerprint density at radius 3 is 2.30 bits per heavy atom. The van der Waals surface area contributed by atoms with Crippen LogP contribution in [-0.4, -0.2) is 23.8 Å². The van der Waals surface area contributed by atoms with Crippen molar-refractivity contribution in [2.75, 3.05) is 6.61 Å². The Labute approximate surface area is 176 Å². The van der Waals surface area contributed by atoms with E-state index in [0.717, 1.165) is 17.5 Å². The van der Waals surface area contributed by atoms with Crippen molar-refractivity contribution in [3.8, 4) is 11.5 Å². The van der Waals surface area contributed by atoms with E-state index in [1.54, 1.807) is 18.2 Å². The van der Waals surface area contributed by atoms with Gasteiger partial charge in [-0.25, -0.2) is 5.43 Å². The Balaban J connectivity index is 1.52. The van der Waals surface area contributed by atoms with Crippen LogP contribution in [0, 0.1) is 5.92 Å². The molecular formula is C25H24N2O3. The fraction of sp³-hybridized carbons (Fsp3) is 0.200. The molecular weight excluding hydrogens is 376 g/mol. The summed E-state index contributed by atoms with van der Waals surface area (Å²) >= 11 is 0. The van der Waals surface area contributed by atoms with E-state index in [9.17, 15) is 9.90 Å². The lowest BCUT2D eigenvalue weighted by molar-refractivity contribution is -0.122. The van der Waals surface area contributed by atoms with Crippen molar-refractivity contribution in [1.29, 1.82) is 0 Å². The topological polar surface area (TPSA) is 70.9 Å². The minimum absolute atomic E-state index is 0.00619. The van der Waals surface area contributed by atoms with Gasteiger partial charge in [0.05, 0.1) is 18.7 Å². The van der Waals surface area contributed by atoms with E-state index in [0.29, 0.717) is 17.9 Å². The number of aromatic hydroxyl groups is 1. The molecule has 0 bridgehead atoms. The van der Waals surface area contributed by atoms with Gasteiger partial charge in [0.15, 0.2) is 11.5 Å². The number of para-hydroxylation sites is 1. The van der Waals surface area contributed by atoms with E-state index in [2.05, 4.69) is 34.8 Å². The Morgan fingerprint density at radius 2 is 1.70 bits per heavy atom. The molecule has 3 aromatic rings. The van der Waals surface area contributed by atoms with E-state index in [1.165, 1.54) is 6.21 Å². The number of hydrazone groups is 1. The van der Waals surface area contributed by atoms with Crippen LogP contribution >= 0.6 is 0 Å². The average Bonchev–Trinajstić information content (AvgIpc) is 3.55. The fourth-order valence-corrected chi connectivity index (χ4v) is 4.01. The first-order chi connectivity index (χ1) is 14.7. The van der Waals surface area contributed by atoms with Crippen LogP contribution in [0.1, 0.15) is 30.0 Å². The molecule has 1 amide bonds. The standard InChI is InChI=1S/C25H24N2O3/c1-2-30-22-15-9-10-18(23(22)28)17-26-27-24(29)21-16-25(21,19-11-5-3-6-12-19)20-13-7-4-8-14-20/h3-15,17,21,28H,2,16H2,1H3,(H,27,29)/b26-17+/t21-/m0/s1.